The van der Waals surface area contributed by atoms with Gasteiger partial charge < -0.3 is 15.2 Å². The zero-order valence-electron chi connectivity index (χ0n) is 11.9. The molecule has 0 aromatic heterocycles. The van der Waals surface area contributed by atoms with Gasteiger partial charge in [-0.05, 0) is 31.9 Å². The van der Waals surface area contributed by atoms with Crippen molar-refractivity contribution in [3.63, 3.8) is 0 Å². The highest BCUT2D eigenvalue weighted by Crippen LogP contribution is 2.37. The van der Waals surface area contributed by atoms with Gasteiger partial charge in [-0.1, -0.05) is 11.6 Å². The van der Waals surface area contributed by atoms with Crippen LogP contribution in [0.2, 0.25) is 0 Å². The fourth-order valence-electron chi connectivity index (χ4n) is 3.22. The first-order valence-corrected chi connectivity index (χ1v) is 7.22. The van der Waals surface area contributed by atoms with Crippen LogP contribution in [-0.4, -0.2) is 31.2 Å². The maximum absolute atomic E-state index is 12.7. The summed E-state index contributed by atoms with van der Waals surface area (Å²) in [6.45, 7) is 3.95. The van der Waals surface area contributed by atoms with Crippen molar-refractivity contribution in [3.05, 3.63) is 29.3 Å². The Morgan fingerprint density at radius 1 is 1.40 bits per heavy atom. The molecule has 2 atom stereocenters. The van der Waals surface area contributed by atoms with Crippen LogP contribution in [0.25, 0.3) is 0 Å². The van der Waals surface area contributed by atoms with Crippen LogP contribution in [0.1, 0.15) is 35.2 Å². The summed E-state index contributed by atoms with van der Waals surface area (Å²) >= 11 is 0. The van der Waals surface area contributed by atoms with Crippen LogP contribution in [0.15, 0.2) is 18.2 Å². The van der Waals surface area contributed by atoms with Crippen LogP contribution in [0.4, 0.5) is 5.69 Å². The molecule has 0 amide bonds. The van der Waals surface area contributed by atoms with Crippen molar-refractivity contribution in [2.45, 2.75) is 31.8 Å². The largest absolute Gasteiger partial charge is 0.398 e. The predicted octanol–water partition coefficient (Wildman–Crippen LogP) is 2.35. The molecule has 108 valence electrons. The summed E-state index contributed by atoms with van der Waals surface area (Å²) in [6.07, 6.45) is 2.41. The van der Waals surface area contributed by atoms with Crippen LogP contribution in [0, 0.1) is 12.8 Å². The van der Waals surface area contributed by atoms with Crippen molar-refractivity contribution < 1.29 is 14.3 Å². The van der Waals surface area contributed by atoms with Crippen LogP contribution in [-0.2, 0) is 9.47 Å². The number of carbonyl (C=O) groups is 1. The van der Waals surface area contributed by atoms with E-state index in [9.17, 15) is 4.79 Å². The van der Waals surface area contributed by atoms with Gasteiger partial charge in [0.05, 0.1) is 12.2 Å². The molecule has 1 aromatic rings. The third-order valence-corrected chi connectivity index (χ3v) is 4.41. The molecule has 0 bridgehead atoms. The Bertz CT molecular complexity index is 520. The molecule has 2 saturated heterocycles. The van der Waals surface area contributed by atoms with Gasteiger partial charge in [-0.2, -0.15) is 0 Å². The minimum absolute atomic E-state index is 0.00505. The van der Waals surface area contributed by atoms with E-state index in [1.165, 1.54) is 0 Å². The number of hydrogen-bond acceptors (Lipinski definition) is 4. The molecule has 2 N–H and O–H groups in total. The van der Waals surface area contributed by atoms with Crippen LogP contribution in [0.5, 0.6) is 0 Å². The zero-order valence-corrected chi connectivity index (χ0v) is 11.9. The van der Waals surface area contributed by atoms with Gasteiger partial charge in [0.2, 0.25) is 0 Å². The Kier molecular flexibility index (Phi) is 3.52. The summed E-state index contributed by atoms with van der Waals surface area (Å²) in [6, 6.07) is 5.64. The highest BCUT2D eigenvalue weighted by Gasteiger charge is 2.43. The Morgan fingerprint density at radius 3 is 3.00 bits per heavy atom. The van der Waals surface area contributed by atoms with E-state index in [1.54, 1.807) is 0 Å². The number of nitrogens with two attached hydrogens (primary N) is 1. The Balaban J connectivity index is 1.81. The Morgan fingerprint density at radius 2 is 2.25 bits per heavy atom. The van der Waals surface area contributed by atoms with Crippen LogP contribution in [0.3, 0.4) is 0 Å². The van der Waals surface area contributed by atoms with Gasteiger partial charge in [0.1, 0.15) is 0 Å². The number of hydrogen-bond donors (Lipinski definition) is 1. The number of ketones is 1. The number of Topliss-reactive ketones (excluding diaryl/α,β-unsaturated/α-hetero) is 1. The van der Waals surface area contributed by atoms with E-state index in [-0.39, 0.29) is 17.3 Å². The summed E-state index contributed by atoms with van der Waals surface area (Å²) in [4.78, 5) is 12.7. The molecule has 3 rings (SSSR count). The number of benzene rings is 1. The molecule has 1 spiro atoms. The zero-order chi connectivity index (χ0) is 14.2. The second-order valence-corrected chi connectivity index (χ2v) is 5.98. The van der Waals surface area contributed by atoms with Crippen molar-refractivity contribution >= 4 is 11.5 Å². The molecule has 1 aromatic carbocycles. The van der Waals surface area contributed by atoms with Gasteiger partial charge in [-0.3, -0.25) is 4.79 Å². The van der Waals surface area contributed by atoms with E-state index in [4.69, 9.17) is 15.2 Å². The first-order valence-electron chi connectivity index (χ1n) is 7.22. The number of anilines is 1. The van der Waals surface area contributed by atoms with Crippen molar-refractivity contribution in [1.29, 1.82) is 0 Å². The molecule has 2 aliphatic rings. The smallest absolute Gasteiger partial charge is 0.168 e. The van der Waals surface area contributed by atoms with Gasteiger partial charge in [-0.15, -0.1) is 0 Å². The quantitative estimate of drug-likeness (QED) is 0.665. The second kappa shape index (κ2) is 5.19. The molecular formula is C16H21NO3. The standard InChI is InChI=1S/C16H21NO3/c1-11-2-3-14(17)13(8-11)15(18)12-4-6-20-16(9-12)5-7-19-10-16/h2-3,8,12H,4-7,9-10,17H2,1H3. The number of ether oxygens (including phenoxy) is 2. The maximum Gasteiger partial charge on any atom is 0.168 e. The molecule has 0 aliphatic carbocycles. The lowest BCUT2D eigenvalue weighted by Crippen LogP contribution is -2.42. The first-order chi connectivity index (χ1) is 9.60. The molecule has 0 saturated carbocycles. The predicted molar refractivity (Wildman–Crippen MR) is 76.8 cm³/mol. The van der Waals surface area contributed by atoms with Crippen LogP contribution >= 0.6 is 0 Å². The highest BCUT2D eigenvalue weighted by molar-refractivity contribution is 6.02. The fourth-order valence-corrected chi connectivity index (χ4v) is 3.22. The van der Waals surface area contributed by atoms with Crippen molar-refractivity contribution in [2.75, 3.05) is 25.6 Å². The summed E-state index contributed by atoms with van der Waals surface area (Å²) in [5.74, 6) is 0.148. The molecule has 20 heavy (non-hydrogen) atoms. The third kappa shape index (κ3) is 2.45. The number of nitrogen functional groups attached to an aromatic ring is 1. The van der Waals surface area contributed by atoms with Crippen molar-refractivity contribution in [2.24, 2.45) is 5.92 Å². The average molecular weight is 275 g/mol. The third-order valence-electron chi connectivity index (χ3n) is 4.41. The summed E-state index contributed by atoms with van der Waals surface area (Å²) in [5.41, 5.74) is 8.02. The topological polar surface area (TPSA) is 61.6 Å². The van der Waals surface area contributed by atoms with Gasteiger partial charge in [0, 0.05) is 36.8 Å². The minimum atomic E-state index is -0.239. The van der Waals surface area contributed by atoms with E-state index in [0.29, 0.717) is 24.5 Å². The lowest BCUT2D eigenvalue weighted by Gasteiger charge is -2.36. The second-order valence-electron chi connectivity index (χ2n) is 5.98. The lowest BCUT2D eigenvalue weighted by atomic mass is 9.81. The normalized spacial score (nSPS) is 29.8. The summed E-state index contributed by atoms with van der Waals surface area (Å²) in [7, 11) is 0. The molecule has 2 heterocycles. The SMILES string of the molecule is Cc1ccc(N)c(C(=O)C2CCOC3(CCOC3)C2)c1. The monoisotopic (exact) mass is 275 g/mol. The lowest BCUT2D eigenvalue weighted by molar-refractivity contribution is -0.0920. The maximum atomic E-state index is 12.7. The first kappa shape index (κ1) is 13.6. The van der Waals surface area contributed by atoms with Crippen molar-refractivity contribution in [1.82, 2.24) is 0 Å². The summed E-state index contributed by atoms with van der Waals surface area (Å²) < 4.78 is 11.3. The average Bonchev–Trinajstić information content (AvgIpc) is 2.88. The van der Waals surface area contributed by atoms with Crippen molar-refractivity contribution in [3.8, 4) is 0 Å². The fraction of sp³-hybridized carbons (Fsp3) is 0.562. The molecule has 4 heteroatoms. The molecule has 2 fully saturated rings. The highest BCUT2D eigenvalue weighted by atomic mass is 16.6. The molecule has 2 aliphatic heterocycles. The van der Waals surface area contributed by atoms with E-state index >= 15 is 0 Å². The minimum Gasteiger partial charge on any atom is -0.398 e. The Labute approximate surface area is 119 Å². The van der Waals surface area contributed by atoms with E-state index < -0.39 is 0 Å². The molecule has 2 unspecified atom stereocenters. The molecule has 0 radical (unpaired) electrons. The number of carbonyl (C=O) groups excluding carboxylic acids is 1. The van der Waals surface area contributed by atoms with E-state index in [2.05, 4.69) is 0 Å². The summed E-state index contributed by atoms with van der Waals surface area (Å²) in [5, 5.41) is 0. The number of rotatable bonds is 2. The Hall–Kier alpha value is -1.39. The molecular weight excluding hydrogens is 254 g/mol. The number of aryl methyl sites for hydroxylation is 1. The molecule has 4 nitrogen and oxygen atoms in total. The van der Waals surface area contributed by atoms with Crippen LogP contribution < -0.4 is 5.73 Å². The van der Waals surface area contributed by atoms with E-state index in [1.807, 2.05) is 25.1 Å². The van der Waals surface area contributed by atoms with Gasteiger partial charge in [0.25, 0.3) is 0 Å². The van der Waals surface area contributed by atoms with Gasteiger partial charge in [0.15, 0.2) is 5.78 Å². The van der Waals surface area contributed by atoms with E-state index in [0.717, 1.165) is 31.4 Å². The van der Waals surface area contributed by atoms with Gasteiger partial charge in [-0.25, -0.2) is 0 Å². The van der Waals surface area contributed by atoms with Gasteiger partial charge >= 0.3 is 0 Å².